The Morgan fingerprint density at radius 2 is 1.67 bits per heavy atom. The summed E-state index contributed by atoms with van der Waals surface area (Å²) in [6.07, 6.45) is 0. The third-order valence-corrected chi connectivity index (χ3v) is 2.85. The molecular formula is C10H19Cl2NO2. The second-order valence-corrected chi connectivity index (χ2v) is 5.31. The molecule has 3 nitrogen and oxygen atoms in total. The molecule has 0 aromatic carbocycles. The zero-order valence-electron chi connectivity index (χ0n) is 9.69. The molecule has 0 bridgehead atoms. The van der Waals surface area contributed by atoms with Gasteiger partial charge in [0, 0.05) is 11.8 Å². The molecule has 0 saturated heterocycles. The summed E-state index contributed by atoms with van der Waals surface area (Å²) in [5, 5.41) is 2.74. The van der Waals surface area contributed by atoms with E-state index in [1.807, 2.05) is 20.8 Å². The smallest absolute Gasteiger partial charge is 0.246 e. The van der Waals surface area contributed by atoms with Crippen molar-refractivity contribution >= 4 is 29.1 Å². The number of hydrogen-bond donors (Lipinski definition) is 1. The Morgan fingerprint density at radius 3 is 2.00 bits per heavy atom. The molecule has 0 aromatic heterocycles. The fourth-order valence-corrected chi connectivity index (χ4v) is 1.18. The maximum absolute atomic E-state index is 11.5. The summed E-state index contributed by atoms with van der Waals surface area (Å²) in [4.78, 5) is 11.5. The molecule has 0 heterocycles. The molecule has 0 rings (SSSR count). The molecule has 0 atom stereocenters. The van der Waals surface area contributed by atoms with Crippen molar-refractivity contribution in [1.29, 1.82) is 0 Å². The number of carbonyl (C=O) groups is 1. The Labute approximate surface area is 101 Å². The summed E-state index contributed by atoms with van der Waals surface area (Å²) in [5.74, 6) is 0.351. The highest BCUT2D eigenvalue weighted by atomic mass is 35.5. The van der Waals surface area contributed by atoms with Crippen molar-refractivity contribution in [2.24, 2.45) is 0 Å². The zero-order valence-corrected chi connectivity index (χ0v) is 11.2. The first-order valence-corrected chi connectivity index (χ1v) is 5.86. The van der Waals surface area contributed by atoms with E-state index in [1.54, 1.807) is 6.92 Å². The second-order valence-electron chi connectivity index (χ2n) is 4.78. The van der Waals surface area contributed by atoms with Crippen LogP contribution in [0.25, 0.3) is 0 Å². The van der Waals surface area contributed by atoms with E-state index >= 15 is 0 Å². The summed E-state index contributed by atoms with van der Waals surface area (Å²) >= 11 is 11.4. The van der Waals surface area contributed by atoms with Gasteiger partial charge in [-0.2, -0.15) is 0 Å². The third kappa shape index (κ3) is 6.98. The lowest BCUT2D eigenvalue weighted by atomic mass is 10.1. The van der Waals surface area contributed by atoms with Crippen LogP contribution in [0.4, 0.5) is 0 Å². The van der Waals surface area contributed by atoms with E-state index in [0.717, 1.165) is 0 Å². The van der Waals surface area contributed by atoms with Gasteiger partial charge in [-0.1, -0.05) is 0 Å². The predicted octanol–water partition coefficient (Wildman–Crippen LogP) is 2.15. The second kappa shape index (κ2) is 5.92. The first kappa shape index (κ1) is 15.0. The van der Waals surface area contributed by atoms with Gasteiger partial charge in [-0.25, -0.2) is 0 Å². The minimum Gasteiger partial charge on any atom is -0.366 e. The van der Waals surface area contributed by atoms with Gasteiger partial charge < -0.3 is 10.1 Å². The van der Waals surface area contributed by atoms with Gasteiger partial charge in [0.1, 0.15) is 6.61 Å². The Balaban J connectivity index is 4.04. The number of nitrogens with one attached hydrogen (secondary N) is 1. The van der Waals surface area contributed by atoms with Crippen molar-refractivity contribution in [3.8, 4) is 0 Å². The monoisotopic (exact) mass is 255 g/mol. The maximum Gasteiger partial charge on any atom is 0.246 e. The summed E-state index contributed by atoms with van der Waals surface area (Å²) in [6.45, 7) is 7.49. The SMILES string of the molecule is CC(CCl)(CCl)NC(=O)COC(C)(C)C. The molecule has 90 valence electrons. The number of carbonyl (C=O) groups excluding carboxylic acids is 1. The lowest BCUT2D eigenvalue weighted by Gasteiger charge is -2.27. The molecular weight excluding hydrogens is 237 g/mol. The first-order chi connectivity index (χ1) is 6.72. The van der Waals surface area contributed by atoms with Crippen LogP contribution in [0.2, 0.25) is 0 Å². The molecule has 0 aliphatic rings. The Hall–Kier alpha value is 0.01000. The highest BCUT2D eigenvalue weighted by Gasteiger charge is 2.24. The average molecular weight is 256 g/mol. The van der Waals surface area contributed by atoms with E-state index in [0.29, 0.717) is 0 Å². The highest BCUT2D eigenvalue weighted by Crippen LogP contribution is 2.10. The summed E-state index contributed by atoms with van der Waals surface area (Å²) in [5.41, 5.74) is -0.892. The van der Waals surface area contributed by atoms with Crippen LogP contribution in [-0.2, 0) is 9.53 Å². The molecule has 0 aliphatic carbocycles. The van der Waals surface area contributed by atoms with Crippen LogP contribution in [0, 0.1) is 0 Å². The van der Waals surface area contributed by atoms with Crippen molar-refractivity contribution in [1.82, 2.24) is 5.32 Å². The fourth-order valence-electron chi connectivity index (χ4n) is 0.757. The van der Waals surface area contributed by atoms with Gasteiger partial charge >= 0.3 is 0 Å². The summed E-state index contributed by atoms with van der Waals surface area (Å²) in [6, 6.07) is 0. The Morgan fingerprint density at radius 1 is 1.20 bits per heavy atom. The number of alkyl halides is 2. The van der Waals surface area contributed by atoms with Gasteiger partial charge in [-0.3, -0.25) is 4.79 Å². The molecule has 0 saturated carbocycles. The Kier molecular flexibility index (Phi) is 5.93. The maximum atomic E-state index is 11.5. The first-order valence-electron chi connectivity index (χ1n) is 4.79. The molecule has 0 radical (unpaired) electrons. The lowest BCUT2D eigenvalue weighted by Crippen LogP contribution is -2.50. The van der Waals surface area contributed by atoms with E-state index in [-0.39, 0.29) is 29.9 Å². The lowest BCUT2D eigenvalue weighted by molar-refractivity contribution is -0.131. The van der Waals surface area contributed by atoms with Gasteiger partial charge in [0.05, 0.1) is 11.1 Å². The zero-order chi connectivity index (χ0) is 12.1. The summed E-state index contributed by atoms with van der Waals surface area (Å²) in [7, 11) is 0. The van der Waals surface area contributed by atoms with Crippen molar-refractivity contribution in [3.05, 3.63) is 0 Å². The van der Waals surface area contributed by atoms with Crippen LogP contribution >= 0.6 is 23.2 Å². The molecule has 0 unspecified atom stereocenters. The van der Waals surface area contributed by atoms with Gasteiger partial charge in [0.25, 0.3) is 0 Å². The highest BCUT2D eigenvalue weighted by molar-refractivity contribution is 6.22. The number of amides is 1. The van der Waals surface area contributed by atoms with E-state index in [1.165, 1.54) is 0 Å². The molecule has 1 N–H and O–H groups in total. The van der Waals surface area contributed by atoms with Crippen LogP contribution in [-0.4, -0.2) is 35.4 Å². The van der Waals surface area contributed by atoms with Crippen molar-refractivity contribution < 1.29 is 9.53 Å². The molecule has 0 spiro atoms. The normalized spacial score (nSPS) is 12.7. The molecule has 0 aliphatic heterocycles. The standard InChI is InChI=1S/C10H19Cl2NO2/c1-9(2,3)15-5-8(14)13-10(4,6-11)7-12/h5-7H2,1-4H3,(H,13,14). The third-order valence-electron chi connectivity index (χ3n) is 1.67. The minimum absolute atomic E-state index is 0.0207. The van der Waals surface area contributed by atoms with Crippen molar-refractivity contribution in [2.75, 3.05) is 18.4 Å². The van der Waals surface area contributed by atoms with E-state index in [9.17, 15) is 4.79 Å². The quantitative estimate of drug-likeness (QED) is 0.765. The largest absolute Gasteiger partial charge is 0.366 e. The van der Waals surface area contributed by atoms with Crippen molar-refractivity contribution in [3.63, 3.8) is 0 Å². The van der Waals surface area contributed by atoms with Crippen molar-refractivity contribution in [2.45, 2.75) is 38.8 Å². The molecule has 15 heavy (non-hydrogen) atoms. The predicted molar refractivity (Wildman–Crippen MR) is 63.7 cm³/mol. The number of halogens is 2. The molecule has 0 fully saturated rings. The topological polar surface area (TPSA) is 38.3 Å². The molecule has 0 aromatic rings. The van der Waals surface area contributed by atoms with E-state index < -0.39 is 5.54 Å². The van der Waals surface area contributed by atoms with Crippen LogP contribution in [0.15, 0.2) is 0 Å². The van der Waals surface area contributed by atoms with Crippen LogP contribution in [0.1, 0.15) is 27.7 Å². The van der Waals surface area contributed by atoms with Crippen LogP contribution in [0.5, 0.6) is 0 Å². The van der Waals surface area contributed by atoms with Crippen LogP contribution in [0.3, 0.4) is 0 Å². The van der Waals surface area contributed by atoms with E-state index in [4.69, 9.17) is 27.9 Å². The Bertz CT molecular complexity index is 210. The average Bonchev–Trinajstić information content (AvgIpc) is 2.13. The van der Waals surface area contributed by atoms with Crippen LogP contribution < -0.4 is 5.32 Å². The summed E-state index contributed by atoms with van der Waals surface area (Å²) < 4.78 is 5.33. The van der Waals surface area contributed by atoms with Gasteiger partial charge in [0.2, 0.25) is 5.91 Å². The van der Waals surface area contributed by atoms with Gasteiger partial charge in [0.15, 0.2) is 0 Å². The minimum atomic E-state index is -0.568. The number of ether oxygens (including phenoxy) is 1. The van der Waals surface area contributed by atoms with E-state index in [2.05, 4.69) is 5.32 Å². The fraction of sp³-hybridized carbons (Fsp3) is 0.900. The molecule has 5 heteroatoms. The van der Waals surface area contributed by atoms with Gasteiger partial charge in [-0.15, -0.1) is 23.2 Å². The molecule has 1 amide bonds. The number of rotatable bonds is 5. The van der Waals surface area contributed by atoms with Gasteiger partial charge in [-0.05, 0) is 27.7 Å². The number of hydrogen-bond acceptors (Lipinski definition) is 2.